The van der Waals surface area contributed by atoms with E-state index in [0.717, 1.165) is 27.4 Å². The molecule has 0 saturated heterocycles. The van der Waals surface area contributed by atoms with Crippen LogP contribution in [0.4, 0.5) is 0 Å². The molecule has 0 atom stereocenters. The highest BCUT2D eigenvalue weighted by Gasteiger charge is 2.13. The third-order valence-corrected chi connectivity index (χ3v) is 5.25. The van der Waals surface area contributed by atoms with Crippen LogP contribution in [-0.4, -0.2) is 13.4 Å². The molecule has 0 bridgehead atoms. The van der Waals surface area contributed by atoms with Crippen LogP contribution in [0.25, 0.3) is 27.9 Å². The first kappa shape index (κ1) is 15.5. The third kappa shape index (κ3) is 2.90. The van der Waals surface area contributed by atoms with E-state index >= 15 is 0 Å². The molecule has 0 aliphatic heterocycles. The average molecular weight is 349 g/mol. The Hall–Kier alpha value is -3.05. The number of fused-ring (bicyclic) bond motifs is 3. The minimum absolute atomic E-state index is 0.128. The van der Waals surface area contributed by atoms with Crippen molar-refractivity contribution < 1.29 is 12.6 Å². The van der Waals surface area contributed by atoms with Crippen LogP contribution in [0.5, 0.6) is 0 Å². The molecule has 4 aromatic rings. The van der Waals surface area contributed by atoms with Crippen molar-refractivity contribution in [3.8, 4) is 0 Å². The Morgan fingerprint density at radius 1 is 0.800 bits per heavy atom. The molecule has 0 amide bonds. The first-order valence-corrected chi connectivity index (χ1v) is 9.20. The van der Waals surface area contributed by atoms with Gasteiger partial charge in [0, 0.05) is 21.9 Å². The van der Waals surface area contributed by atoms with Gasteiger partial charge in [-0.1, -0.05) is 54.6 Å². The van der Waals surface area contributed by atoms with Gasteiger partial charge in [0.25, 0.3) is 0 Å². The molecule has 0 aliphatic carbocycles. The van der Waals surface area contributed by atoms with Crippen LogP contribution < -0.4 is 0 Å². The highest BCUT2D eigenvalue weighted by atomic mass is 32.2. The van der Waals surface area contributed by atoms with Gasteiger partial charge in [-0.15, -0.1) is 0 Å². The van der Waals surface area contributed by atoms with Crippen molar-refractivity contribution in [3.05, 3.63) is 84.6 Å². The van der Waals surface area contributed by atoms with E-state index in [-0.39, 0.29) is 4.90 Å². The molecule has 5 heteroatoms. The second-order valence-corrected chi connectivity index (χ2v) is 7.18. The van der Waals surface area contributed by atoms with Crippen LogP contribution in [0.1, 0.15) is 5.56 Å². The number of aromatic amines is 1. The molecular weight excluding hydrogens is 334 g/mol. The normalized spacial score (nSPS) is 12.2. The fourth-order valence-electron chi connectivity index (χ4n) is 2.85. The summed E-state index contributed by atoms with van der Waals surface area (Å²) in [7, 11) is -3.81. The minimum Gasteiger partial charge on any atom is -0.387 e. The maximum atomic E-state index is 12.1. The Kier molecular flexibility index (Phi) is 3.78. The topological polar surface area (TPSA) is 59.2 Å². The second-order valence-electron chi connectivity index (χ2n) is 5.61. The first-order valence-electron chi connectivity index (χ1n) is 7.79. The number of aromatic nitrogens is 1. The Morgan fingerprint density at radius 3 is 2.36 bits per heavy atom. The summed E-state index contributed by atoms with van der Waals surface area (Å²) >= 11 is 0. The van der Waals surface area contributed by atoms with Gasteiger partial charge in [-0.25, -0.2) is 0 Å². The van der Waals surface area contributed by atoms with Gasteiger partial charge in [0.05, 0.1) is 5.52 Å². The van der Waals surface area contributed by atoms with Gasteiger partial charge in [-0.05, 0) is 24.3 Å². The van der Waals surface area contributed by atoms with Gasteiger partial charge in [0.15, 0.2) is 0 Å². The zero-order valence-corrected chi connectivity index (χ0v) is 14.0. The maximum absolute atomic E-state index is 12.1. The van der Waals surface area contributed by atoms with Crippen molar-refractivity contribution in [3.63, 3.8) is 0 Å². The number of benzene rings is 3. The van der Waals surface area contributed by atoms with E-state index < -0.39 is 10.1 Å². The lowest BCUT2D eigenvalue weighted by atomic mass is 10.1. The van der Waals surface area contributed by atoms with Crippen molar-refractivity contribution in [1.29, 1.82) is 0 Å². The number of hydrogen-bond donors (Lipinski definition) is 1. The fourth-order valence-corrected chi connectivity index (χ4v) is 3.66. The molecule has 25 heavy (non-hydrogen) atoms. The maximum Gasteiger partial charge on any atom is 0.338 e. The zero-order chi connectivity index (χ0) is 17.3. The van der Waals surface area contributed by atoms with Crippen LogP contribution in [0.2, 0.25) is 0 Å². The van der Waals surface area contributed by atoms with Crippen LogP contribution in [-0.2, 0) is 14.3 Å². The van der Waals surface area contributed by atoms with Gasteiger partial charge < -0.3 is 9.17 Å². The largest absolute Gasteiger partial charge is 0.387 e. The van der Waals surface area contributed by atoms with E-state index in [2.05, 4.69) is 11.1 Å². The lowest BCUT2D eigenvalue weighted by molar-refractivity contribution is 0.446. The van der Waals surface area contributed by atoms with Crippen LogP contribution in [0, 0.1) is 0 Å². The molecule has 0 spiro atoms. The summed E-state index contributed by atoms with van der Waals surface area (Å²) < 4.78 is 29.3. The molecular formula is C20H15NO3S. The van der Waals surface area contributed by atoms with Crippen LogP contribution in [0.3, 0.4) is 0 Å². The van der Waals surface area contributed by atoms with E-state index in [1.807, 2.05) is 36.4 Å². The summed E-state index contributed by atoms with van der Waals surface area (Å²) in [5, 5.41) is 2.22. The zero-order valence-electron chi connectivity index (χ0n) is 13.2. The van der Waals surface area contributed by atoms with E-state index in [0.29, 0.717) is 0 Å². The predicted molar refractivity (Wildman–Crippen MR) is 99.6 cm³/mol. The summed E-state index contributed by atoms with van der Waals surface area (Å²) in [6.07, 6.45) is 2.86. The summed E-state index contributed by atoms with van der Waals surface area (Å²) in [5.74, 6) is 0. The van der Waals surface area contributed by atoms with Crippen molar-refractivity contribution >= 4 is 38.0 Å². The Balaban J connectivity index is 1.68. The van der Waals surface area contributed by atoms with Crippen LogP contribution >= 0.6 is 0 Å². The fraction of sp³-hybridized carbons (Fsp3) is 0. The number of hydrogen-bond acceptors (Lipinski definition) is 3. The van der Waals surface area contributed by atoms with Gasteiger partial charge in [-0.2, -0.15) is 8.42 Å². The molecule has 1 heterocycles. The van der Waals surface area contributed by atoms with E-state index in [9.17, 15) is 8.42 Å². The third-order valence-electron chi connectivity index (χ3n) is 4.04. The molecule has 0 saturated carbocycles. The van der Waals surface area contributed by atoms with Gasteiger partial charge in [0.2, 0.25) is 0 Å². The van der Waals surface area contributed by atoms with E-state index in [1.54, 1.807) is 24.3 Å². The average Bonchev–Trinajstić information content (AvgIpc) is 3.02. The molecule has 4 nitrogen and oxygen atoms in total. The van der Waals surface area contributed by atoms with Gasteiger partial charge in [0.1, 0.15) is 11.2 Å². The molecule has 0 radical (unpaired) electrons. The molecule has 0 fully saturated rings. The Labute approximate surface area is 145 Å². The number of nitrogens with one attached hydrogen (secondary N) is 1. The Morgan fingerprint density at radius 2 is 1.52 bits per heavy atom. The first-order chi connectivity index (χ1) is 12.1. The van der Waals surface area contributed by atoms with Crippen molar-refractivity contribution in [2.75, 3.05) is 0 Å². The minimum atomic E-state index is -3.81. The highest BCUT2D eigenvalue weighted by Crippen LogP contribution is 2.28. The molecule has 0 aliphatic rings. The van der Waals surface area contributed by atoms with Gasteiger partial charge in [-0.3, -0.25) is 0 Å². The van der Waals surface area contributed by atoms with Crippen molar-refractivity contribution in [2.45, 2.75) is 4.90 Å². The second kappa shape index (κ2) is 6.11. The predicted octanol–water partition coefficient (Wildman–Crippen LogP) is 4.70. The standard InChI is InChI=1S/C20H15NO3S/c22-25(23,16-8-2-1-3-9-16)24-14-13-15-7-6-11-18-17-10-4-5-12-19(17)21-20(15)18/h1-14,21H. The lowest BCUT2D eigenvalue weighted by Gasteiger charge is -2.02. The molecule has 1 aromatic heterocycles. The summed E-state index contributed by atoms with van der Waals surface area (Å²) in [6, 6.07) is 22.0. The van der Waals surface area contributed by atoms with Crippen molar-refractivity contribution in [1.82, 2.24) is 4.98 Å². The number of H-pyrrole nitrogens is 1. The SMILES string of the molecule is O=S(=O)(OC=Cc1cccc2c1[nH]c1ccccc12)c1ccccc1. The molecule has 3 aromatic carbocycles. The number of para-hydroxylation sites is 2. The quantitative estimate of drug-likeness (QED) is 0.429. The monoisotopic (exact) mass is 349 g/mol. The summed E-state index contributed by atoms with van der Waals surface area (Å²) in [6.45, 7) is 0. The lowest BCUT2D eigenvalue weighted by Crippen LogP contribution is -2.01. The summed E-state index contributed by atoms with van der Waals surface area (Å²) in [4.78, 5) is 3.50. The summed E-state index contributed by atoms with van der Waals surface area (Å²) in [5.41, 5.74) is 2.84. The highest BCUT2D eigenvalue weighted by molar-refractivity contribution is 7.86. The number of rotatable bonds is 4. The molecule has 4 rings (SSSR count). The molecule has 1 N–H and O–H groups in total. The van der Waals surface area contributed by atoms with E-state index in [1.165, 1.54) is 18.4 Å². The van der Waals surface area contributed by atoms with Gasteiger partial charge >= 0.3 is 10.1 Å². The molecule has 0 unspecified atom stereocenters. The van der Waals surface area contributed by atoms with E-state index in [4.69, 9.17) is 4.18 Å². The smallest absolute Gasteiger partial charge is 0.338 e. The Bertz CT molecular complexity index is 1180. The molecule has 124 valence electrons. The van der Waals surface area contributed by atoms with Crippen LogP contribution in [0.15, 0.2) is 84.0 Å². The van der Waals surface area contributed by atoms with Crippen molar-refractivity contribution in [2.24, 2.45) is 0 Å².